The summed E-state index contributed by atoms with van der Waals surface area (Å²) in [7, 11) is -9.41. The zero-order chi connectivity index (χ0) is 34.8. The minimum atomic E-state index is -4.74. The van der Waals surface area contributed by atoms with E-state index in [-0.39, 0.29) is 60.9 Å². The average Bonchev–Trinajstić information content (AvgIpc) is 3.05. The van der Waals surface area contributed by atoms with Crippen LogP contribution in [0.4, 0.5) is 39.8 Å². The number of nitrogens with zero attached hydrogens (tertiary/aromatic N) is 6. The fraction of sp³-hybridized carbons (Fsp3) is 0. The highest BCUT2D eigenvalue weighted by Crippen LogP contribution is 2.46. The lowest BCUT2D eigenvalue weighted by molar-refractivity contribution is -0.432. The molecule has 6 N–H and O–H groups in total. The molecule has 20 heteroatoms. The molecule has 242 valence electrons. The van der Waals surface area contributed by atoms with Crippen LogP contribution in [0.25, 0.3) is 31.2 Å². The highest BCUT2D eigenvalue weighted by atomic mass is 32.2. The molecule has 0 unspecified atom stereocenters. The first-order valence-electron chi connectivity index (χ1n) is 12.7. The zero-order valence-electron chi connectivity index (χ0n) is 23.6. The molecule has 5 aromatic carbocycles. The Balaban J connectivity index is 1.66. The maximum atomic E-state index is 12.0. The van der Waals surface area contributed by atoms with E-state index in [9.17, 15) is 31.0 Å². The Labute approximate surface area is 274 Å². The van der Waals surface area contributed by atoms with Crippen molar-refractivity contribution in [3.05, 3.63) is 89.6 Å². The number of anilines is 1. The third-order valence-corrected chi connectivity index (χ3v) is 8.96. The van der Waals surface area contributed by atoms with Gasteiger partial charge in [0.15, 0.2) is 17.1 Å². The first kappa shape index (κ1) is 33.8. The monoisotopic (exact) mass is 707 g/mol. The molecule has 17 nitrogen and oxygen atoms in total. The van der Waals surface area contributed by atoms with Gasteiger partial charge in [-0.3, -0.25) is 18.8 Å². The summed E-state index contributed by atoms with van der Waals surface area (Å²) in [5.41, 5.74) is 5.82. The molecule has 0 radical (unpaired) electrons. The van der Waals surface area contributed by atoms with Gasteiger partial charge in [0.1, 0.15) is 10.6 Å². The van der Waals surface area contributed by atoms with Gasteiger partial charge in [-0.1, -0.05) is 17.2 Å². The van der Waals surface area contributed by atoms with E-state index in [1.165, 1.54) is 42.5 Å². The second kappa shape index (κ2) is 13.3. The molecule has 48 heavy (non-hydrogen) atoms. The number of fused-ring (bicyclic) bond motifs is 2. The maximum absolute atomic E-state index is 12.0. The van der Waals surface area contributed by atoms with Gasteiger partial charge in [0.2, 0.25) is 0 Å². The molecule has 0 atom stereocenters. The molecule has 0 saturated heterocycles. The van der Waals surface area contributed by atoms with Crippen molar-refractivity contribution in [2.75, 3.05) is 5.73 Å². The lowest BCUT2D eigenvalue weighted by atomic mass is 10.1. The van der Waals surface area contributed by atoms with Crippen LogP contribution in [-0.4, -0.2) is 36.3 Å². The Hall–Kier alpha value is -5.55. The fourth-order valence-corrected chi connectivity index (χ4v) is 6.07. The first-order chi connectivity index (χ1) is 22.7. The van der Waals surface area contributed by atoms with Gasteiger partial charge in [0.25, 0.3) is 20.2 Å². The molecule has 0 amide bonds. The molecule has 0 fully saturated rings. The normalized spacial score (nSPS) is 12.2. The predicted molar refractivity (Wildman–Crippen MR) is 172 cm³/mol. The van der Waals surface area contributed by atoms with Gasteiger partial charge in [-0.25, -0.2) is 5.26 Å². The van der Waals surface area contributed by atoms with Gasteiger partial charge in [-0.05, 0) is 60.0 Å². The third-order valence-electron chi connectivity index (χ3n) is 6.58. The van der Waals surface area contributed by atoms with Crippen LogP contribution < -0.4 is 5.73 Å². The molecule has 0 bridgehead atoms. The van der Waals surface area contributed by atoms with E-state index in [1.807, 2.05) is 0 Å². The predicted octanol–water partition coefficient (Wildman–Crippen LogP) is 8.13. The SMILES string of the molecule is [C-]#[N+]c1ccc(N=Nc2ccc(N=Nc3c(SOOO)cc4cc(S(=O)(=O)O)c(N)cc4c3O)c3cc(S(=O)(=O)O)ccc23)cc1[N+]#[C-]. The summed E-state index contributed by atoms with van der Waals surface area (Å²) in [6.45, 7) is 14.4. The summed E-state index contributed by atoms with van der Waals surface area (Å²) in [6.07, 6.45) is 0. The maximum Gasteiger partial charge on any atom is 0.296 e. The number of rotatable bonds is 9. The van der Waals surface area contributed by atoms with Crippen molar-refractivity contribution in [1.82, 2.24) is 0 Å². The minimum Gasteiger partial charge on any atom is -0.505 e. The number of nitrogen functional groups attached to an aromatic ring is 1. The summed E-state index contributed by atoms with van der Waals surface area (Å²) in [6, 6.07) is 14.0. The third kappa shape index (κ3) is 6.91. The number of hydrogen-bond acceptors (Lipinski definition) is 14. The van der Waals surface area contributed by atoms with Crippen LogP contribution >= 0.6 is 12.0 Å². The topological polar surface area (TPSA) is 252 Å². The Morgan fingerprint density at radius 3 is 2.08 bits per heavy atom. The van der Waals surface area contributed by atoms with Crippen LogP contribution in [-0.2, 0) is 29.6 Å². The smallest absolute Gasteiger partial charge is 0.296 e. The van der Waals surface area contributed by atoms with E-state index in [0.717, 1.165) is 24.3 Å². The summed E-state index contributed by atoms with van der Waals surface area (Å²) < 4.78 is 71.1. The standard InChI is InChI=1S/C28H17N7O10S3/c1-30-23-6-3-15(11-24(23)31-2)32-33-21-7-8-22(19-12-16(47(38,39)40)4-5-17(19)21)34-35-27-25(46-45-44-37)9-14-10-26(48(41,42)43)20(29)13-18(14)28(27)36/h3-13,36-37H,29H2,(H,38,39,40)(H,41,42,43). The number of nitrogens with two attached hydrogens (primary N) is 1. The number of phenols is 1. The van der Waals surface area contributed by atoms with Gasteiger partial charge in [0.05, 0.1) is 57.7 Å². The van der Waals surface area contributed by atoms with E-state index < -0.39 is 35.8 Å². The Morgan fingerprint density at radius 2 is 1.44 bits per heavy atom. The Bertz CT molecular complexity index is 2510. The summed E-state index contributed by atoms with van der Waals surface area (Å²) >= 11 is 0.346. The fourth-order valence-electron chi connectivity index (χ4n) is 4.43. The quantitative estimate of drug-likeness (QED) is 0.0185. The molecule has 0 spiro atoms. The van der Waals surface area contributed by atoms with Crippen molar-refractivity contribution in [2.45, 2.75) is 14.7 Å². The van der Waals surface area contributed by atoms with Crippen molar-refractivity contribution in [2.24, 2.45) is 20.5 Å². The summed E-state index contributed by atoms with van der Waals surface area (Å²) in [5, 5.41) is 40.5. The molecule has 5 rings (SSSR count). The molecule has 0 heterocycles. The second-order valence-corrected chi connectivity index (χ2v) is 13.0. The van der Waals surface area contributed by atoms with Gasteiger partial charge in [-0.2, -0.15) is 21.9 Å². The molecule has 0 aliphatic heterocycles. The van der Waals surface area contributed by atoms with Crippen LogP contribution in [0, 0.1) is 13.1 Å². The van der Waals surface area contributed by atoms with Gasteiger partial charge < -0.3 is 10.8 Å². The largest absolute Gasteiger partial charge is 0.505 e. The van der Waals surface area contributed by atoms with Gasteiger partial charge >= 0.3 is 0 Å². The van der Waals surface area contributed by atoms with Crippen LogP contribution in [0.2, 0.25) is 0 Å². The highest BCUT2D eigenvalue weighted by Gasteiger charge is 2.21. The zero-order valence-corrected chi connectivity index (χ0v) is 26.0. The highest BCUT2D eigenvalue weighted by molar-refractivity contribution is 7.94. The number of phenolic OH excluding ortho intramolecular Hbond substituents is 1. The number of hydrogen-bond donors (Lipinski definition) is 5. The molecule has 0 aliphatic rings. The number of azo groups is 2. The van der Waals surface area contributed by atoms with Crippen molar-refractivity contribution < 1.29 is 45.7 Å². The molecular formula is C28H17N7O10S3. The van der Waals surface area contributed by atoms with Gasteiger partial charge in [0, 0.05) is 16.2 Å². The van der Waals surface area contributed by atoms with Crippen LogP contribution in [0.15, 0.2) is 102 Å². The summed E-state index contributed by atoms with van der Waals surface area (Å²) in [4.78, 5) is 5.39. The Morgan fingerprint density at radius 1 is 0.750 bits per heavy atom. The molecule has 5 aromatic rings. The molecule has 0 aliphatic carbocycles. The van der Waals surface area contributed by atoms with Crippen molar-refractivity contribution >= 4 is 93.6 Å². The second-order valence-electron chi connectivity index (χ2n) is 9.47. The molecule has 0 aromatic heterocycles. The average molecular weight is 708 g/mol. The Kier molecular flexibility index (Phi) is 9.36. The van der Waals surface area contributed by atoms with E-state index in [2.05, 4.69) is 39.5 Å². The minimum absolute atomic E-state index is 0.0109. The van der Waals surface area contributed by atoms with Gasteiger partial charge in [-0.15, -0.1) is 19.7 Å². The lowest BCUT2D eigenvalue weighted by Gasteiger charge is -2.11. The van der Waals surface area contributed by atoms with Crippen LogP contribution in [0.1, 0.15) is 0 Å². The summed E-state index contributed by atoms with van der Waals surface area (Å²) in [5.74, 6) is -0.578. The van der Waals surface area contributed by atoms with E-state index in [0.29, 0.717) is 17.4 Å². The van der Waals surface area contributed by atoms with Crippen molar-refractivity contribution in [3.8, 4) is 5.75 Å². The van der Waals surface area contributed by atoms with Crippen LogP contribution in [0.5, 0.6) is 5.75 Å². The van der Waals surface area contributed by atoms with E-state index in [4.69, 9.17) is 24.1 Å². The molecular weight excluding hydrogens is 691 g/mol. The van der Waals surface area contributed by atoms with Crippen molar-refractivity contribution in [3.63, 3.8) is 0 Å². The molecule has 0 saturated carbocycles. The first-order valence-corrected chi connectivity index (χ1v) is 16.4. The van der Waals surface area contributed by atoms with E-state index in [1.54, 1.807) is 0 Å². The number of benzene rings is 5. The van der Waals surface area contributed by atoms with E-state index >= 15 is 0 Å². The van der Waals surface area contributed by atoms with Crippen LogP contribution in [0.3, 0.4) is 0 Å². The lowest BCUT2D eigenvalue weighted by Crippen LogP contribution is -2.03. The van der Waals surface area contributed by atoms with Crippen molar-refractivity contribution in [1.29, 1.82) is 0 Å². The number of aromatic hydroxyl groups is 1.